The van der Waals surface area contributed by atoms with Crippen molar-refractivity contribution in [2.24, 2.45) is 0 Å². The summed E-state index contributed by atoms with van der Waals surface area (Å²) in [4.78, 5) is 28.1. The fraction of sp³-hybridized carbons (Fsp3) is 0.939. The van der Waals surface area contributed by atoms with Gasteiger partial charge in [0.15, 0.2) is 44.0 Å². The molecule has 0 aromatic carbocycles. The molecule has 0 radical (unpaired) electrons. The van der Waals surface area contributed by atoms with E-state index in [1.54, 1.807) is 0 Å². The number of hydrogen-bond acceptors (Lipinski definition) is 36. The zero-order valence-corrected chi connectivity index (χ0v) is 62.5. The lowest BCUT2D eigenvalue weighted by Gasteiger charge is -2.52. The third kappa shape index (κ3) is 18.1. The molecule has 0 saturated carbocycles. The molecule has 2 amide bonds. The first-order valence-electron chi connectivity index (χ1n) is 34.1. The van der Waals surface area contributed by atoms with E-state index < -0.39 is 233 Å². The van der Waals surface area contributed by atoms with Gasteiger partial charge in [-0.15, -0.1) is 0 Å². The van der Waals surface area contributed by atoms with Gasteiger partial charge in [-0.3, -0.25) is 14.5 Å². The highest BCUT2D eigenvalue weighted by Crippen LogP contribution is 2.43. The van der Waals surface area contributed by atoms with Crippen molar-refractivity contribution in [1.82, 2.24) is 4.90 Å². The molecule has 596 valence electrons. The van der Waals surface area contributed by atoms with Gasteiger partial charge in [-0.2, -0.15) is 0 Å². The number of methoxy groups -OCH3 is 20. The molecule has 35 atom stereocenters. The van der Waals surface area contributed by atoms with Gasteiger partial charge in [0.05, 0.1) is 46.2 Å². The van der Waals surface area contributed by atoms with Crippen LogP contribution in [0.4, 0.5) is 0 Å². The topological polar surface area (TPSA) is 351 Å². The van der Waals surface area contributed by atoms with E-state index >= 15 is 0 Å². The average Bonchev–Trinajstić information content (AvgIpc) is 1.11. The van der Waals surface area contributed by atoms with Crippen LogP contribution in [0.5, 0.6) is 0 Å². The molecule has 0 spiro atoms. The predicted octanol–water partition coefficient (Wildman–Crippen LogP) is -2.22. The first-order chi connectivity index (χ1) is 50.0. The molecule has 37 nitrogen and oxygen atoms in total. The number of amides is 2. The second-order valence-corrected chi connectivity index (χ2v) is 25.7. The molecule has 14 bridgehead atoms. The first kappa shape index (κ1) is 84.5. The molecule has 22 rings (SSSR count). The third-order valence-corrected chi connectivity index (χ3v) is 20.2. The number of carbonyl (C=O) groups is 2. The van der Waals surface area contributed by atoms with Gasteiger partial charge in [-0.25, -0.2) is 0 Å². The zero-order chi connectivity index (χ0) is 74.3. The zero-order valence-electron chi connectivity index (χ0n) is 62.5. The molecule has 21 saturated heterocycles. The summed E-state index contributed by atoms with van der Waals surface area (Å²) in [6.45, 7) is -0.903. The van der Waals surface area contributed by atoms with Crippen LogP contribution in [0.3, 0.4) is 0 Å². The van der Waals surface area contributed by atoms with Crippen molar-refractivity contribution < 1.29 is 171 Å². The predicted molar refractivity (Wildman–Crippen MR) is 343 cm³/mol. The third-order valence-electron chi connectivity index (χ3n) is 20.2. The molecular weight excluding hydrogens is 1380 g/mol. The molecule has 103 heavy (non-hydrogen) atoms. The van der Waals surface area contributed by atoms with Crippen LogP contribution in [0.15, 0.2) is 12.2 Å². The Morgan fingerprint density at radius 1 is 0.223 bits per heavy atom. The molecule has 22 aliphatic heterocycles. The summed E-state index contributed by atoms with van der Waals surface area (Å²) in [5.41, 5.74) is 0. The Labute approximate surface area is 601 Å². The summed E-state index contributed by atoms with van der Waals surface area (Å²) in [6, 6.07) is 0. The van der Waals surface area contributed by atoms with Gasteiger partial charge in [0, 0.05) is 154 Å². The van der Waals surface area contributed by atoms with E-state index in [2.05, 4.69) is 0 Å². The minimum Gasteiger partial charge on any atom is -0.382 e. The summed E-state index contributed by atoms with van der Waals surface area (Å²) < 4.78 is 221. The normalized spacial score (nSPS) is 45.1. The number of hydrogen-bond donors (Lipinski definition) is 0. The van der Waals surface area contributed by atoms with E-state index in [-0.39, 0.29) is 39.6 Å². The lowest BCUT2D eigenvalue weighted by Crippen LogP contribution is -2.69. The summed E-state index contributed by atoms with van der Waals surface area (Å²) in [5, 5.41) is 0. The minimum absolute atomic E-state index is 0.0607. The van der Waals surface area contributed by atoms with Crippen molar-refractivity contribution in [2.45, 2.75) is 215 Å². The van der Waals surface area contributed by atoms with Gasteiger partial charge >= 0.3 is 0 Å². The Morgan fingerprint density at radius 2 is 0.369 bits per heavy atom. The van der Waals surface area contributed by atoms with Crippen LogP contribution < -0.4 is 0 Å². The highest BCUT2D eigenvalue weighted by atomic mass is 16.8. The molecule has 0 aliphatic carbocycles. The van der Waals surface area contributed by atoms with Crippen molar-refractivity contribution >= 4 is 11.8 Å². The molecule has 21 fully saturated rings. The summed E-state index contributed by atoms with van der Waals surface area (Å²) in [6.07, 6.45) is -36.6. The van der Waals surface area contributed by atoms with Gasteiger partial charge in [-0.05, 0) is 0 Å². The van der Waals surface area contributed by atoms with Crippen LogP contribution >= 0.6 is 0 Å². The first-order valence-corrected chi connectivity index (χ1v) is 34.1. The monoisotopic (exact) mass is 1490 g/mol. The second-order valence-electron chi connectivity index (χ2n) is 25.7. The summed E-state index contributed by atoms with van der Waals surface area (Å²) in [7, 11) is 29.5. The lowest BCUT2D eigenvalue weighted by molar-refractivity contribution is -0.402. The number of rotatable bonds is 28. The Morgan fingerprint density at radius 3 is 0.515 bits per heavy atom. The van der Waals surface area contributed by atoms with Crippen LogP contribution in [0.25, 0.3) is 0 Å². The fourth-order valence-electron chi connectivity index (χ4n) is 15.5. The largest absolute Gasteiger partial charge is 0.382 e. The maximum absolute atomic E-state index is 13.6. The van der Waals surface area contributed by atoms with E-state index in [0.717, 1.165) is 17.1 Å². The number of ether oxygens (including phenoxy) is 34. The Balaban J connectivity index is 1.16. The average molecular weight is 1490 g/mol. The fourth-order valence-corrected chi connectivity index (χ4v) is 15.5. The Kier molecular flexibility index (Phi) is 33.2. The smallest absolute Gasteiger partial charge is 0.253 e. The molecule has 22 aliphatic rings. The molecule has 0 aromatic rings. The van der Waals surface area contributed by atoms with E-state index in [4.69, 9.17) is 161 Å². The van der Waals surface area contributed by atoms with Crippen molar-refractivity contribution in [3.63, 3.8) is 0 Å². The van der Waals surface area contributed by atoms with Crippen LogP contribution in [0, 0.1) is 0 Å². The lowest BCUT2D eigenvalue weighted by atomic mass is 9.94. The maximum Gasteiger partial charge on any atom is 0.253 e. The van der Waals surface area contributed by atoms with Gasteiger partial charge in [-0.1, -0.05) is 0 Å². The second kappa shape index (κ2) is 40.5. The van der Waals surface area contributed by atoms with Gasteiger partial charge in [0.1, 0.15) is 171 Å². The van der Waals surface area contributed by atoms with Crippen LogP contribution in [-0.4, -0.2) is 420 Å². The van der Waals surface area contributed by atoms with E-state index in [1.807, 2.05) is 0 Å². The number of carbonyl (C=O) groups excluding carboxylic acids is 2. The molecule has 0 N–H and O–H groups in total. The van der Waals surface area contributed by atoms with Gasteiger partial charge in [0.2, 0.25) is 0 Å². The molecule has 0 aromatic heterocycles. The number of nitrogens with zero attached hydrogens (tertiary/aromatic N) is 1. The molecular formula is C66H111NO36. The van der Waals surface area contributed by atoms with Crippen molar-refractivity contribution in [1.29, 1.82) is 0 Å². The van der Waals surface area contributed by atoms with Crippen molar-refractivity contribution in [3.05, 3.63) is 12.2 Å². The SMILES string of the molecule is COC[C@H]1O[C@@H]2O[C@H]3[C@H](OC)[C@@H](OC)[C@@H](O[C@H]4[C@H](OC)[C@@H](OC)[C@@H](O[C@H]5[C@H](OC)[C@@H](OC)[C@@H](O[C@H]6[C@H](OC)[C@@H](OC)[C@@H](O[C@H]7[C@H](OC)[C@@H](OC)[C@@H](O[C@H]8[C@H](OC)[C@@H](OC)[C@@H](O[C@H]1[C@H](OC)[C@H]2OC)O[C@@H]8COC)O[C@@H]7COC)O[C@@H]6COC)O[C@@H]5CN1C(=O)C=CC1=O)O[C@@H]4COC)O[C@@H]3COC. The van der Waals surface area contributed by atoms with Crippen molar-refractivity contribution in [2.75, 3.05) is 188 Å². The molecule has 37 heteroatoms. The number of imide groups is 1. The quantitative estimate of drug-likeness (QED) is 0.0749. The van der Waals surface area contributed by atoms with Gasteiger partial charge in [0.25, 0.3) is 11.8 Å². The van der Waals surface area contributed by atoms with E-state index in [9.17, 15) is 9.59 Å². The highest BCUT2D eigenvalue weighted by Gasteiger charge is 2.62. The van der Waals surface area contributed by atoms with Crippen LogP contribution in [-0.2, 0) is 171 Å². The van der Waals surface area contributed by atoms with Crippen LogP contribution in [0.2, 0.25) is 0 Å². The Hall–Kier alpha value is -2.48. The Bertz CT molecular complexity index is 2500. The maximum atomic E-state index is 13.6. The highest BCUT2D eigenvalue weighted by molar-refractivity contribution is 6.12. The van der Waals surface area contributed by atoms with Crippen LogP contribution in [0.1, 0.15) is 0 Å². The standard InChI is InChI=1S/C66H111NO36/c1-70-24-31-40-47(77-8)55(85-16)62(92-31)100-42-33(26-72-3)94-64(57(87-18)49(42)79-10)102-44-35(28-74-5)96-66(59(89-20)51(44)81-12)103-45-36(29-75-6)95-65(58(88-19)52(45)82-13)101-43-34(27-73-4)93-63(56(86-17)50(43)80-11)99-41-32(25-71-2)91-61(54(84-15)48(41)78-9)97-39-30(23-67-37(68)21-22-38(67)69)90-60(98-40)53(83-14)46(39)76-7/h21-22,30-36,39-66H,23-29H2,1-20H3/t30-,31-,32-,33-,34-,35-,36-,39-,40-,41-,42-,43-,44-,45-,46+,47+,48+,49+,50+,51+,52+,53-,54-,55-,56-,57-,58-,59-,60-,61-,62-,63-,64-,65-,66-/m1/s1. The van der Waals surface area contributed by atoms with E-state index in [0.29, 0.717) is 0 Å². The minimum atomic E-state index is -1.42. The van der Waals surface area contributed by atoms with Crippen molar-refractivity contribution in [3.8, 4) is 0 Å². The van der Waals surface area contributed by atoms with E-state index in [1.165, 1.54) is 142 Å². The summed E-state index contributed by atoms with van der Waals surface area (Å²) in [5.74, 6) is -1.23. The molecule has 0 unspecified atom stereocenters. The van der Waals surface area contributed by atoms with Gasteiger partial charge < -0.3 is 161 Å². The molecule has 22 heterocycles. The summed E-state index contributed by atoms with van der Waals surface area (Å²) >= 11 is 0.